The number of nitrogens with zero attached hydrogens (tertiary/aromatic N) is 1. The Morgan fingerprint density at radius 1 is 1.45 bits per heavy atom. The second-order valence-electron chi connectivity index (χ2n) is 4.52. The van der Waals surface area contributed by atoms with E-state index in [1.807, 2.05) is 6.92 Å². The maximum atomic E-state index is 11.4. The van der Waals surface area contributed by atoms with Crippen molar-refractivity contribution in [1.82, 2.24) is 5.32 Å². The Hall–Kier alpha value is -1.58. The lowest BCUT2D eigenvalue weighted by molar-refractivity contribution is 0.297. The number of nitrogens with one attached hydrogen (secondary N) is 1. The highest BCUT2D eigenvalue weighted by atomic mass is 32.2. The minimum atomic E-state index is -3.23. The molecular weight excluding hydrogens is 276 g/mol. The molecule has 1 atom stereocenters. The second kappa shape index (κ2) is 7.88. The first-order valence-corrected chi connectivity index (χ1v) is 8.42. The van der Waals surface area contributed by atoms with Crippen molar-refractivity contribution in [1.29, 1.82) is 5.26 Å². The molecule has 0 radical (unpaired) electrons. The lowest BCUT2D eigenvalue weighted by Crippen LogP contribution is -2.29. The third-order valence-electron chi connectivity index (χ3n) is 2.71. The zero-order valence-electron chi connectivity index (χ0n) is 11.8. The van der Waals surface area contributed by atoms with Crippen LogP contribution >= 0.6 is 0 Å². The molecule has 0 fully saturated rings. The van der Waals surface area contributed by atoms with Crippen molar-refractivity contribution in [3.63, 3.8) is 0 Å². The molecular formula is C14H20N2O3S. The van der Waals surface area contributed by atoms with Gasteiger partial charge in [-0.25, -0.2) is 8.42 Å². The van der Waals surface area contributed by atoms with E-state index in [9.17, 15) is 8.42 Å². The summed E-state index contributed by atoms with van der Waals surface area (Å²) < 4.78 is 28.3. The molecule has 0 aliphatic carbocycles. The van der Waals surface area contributed by atoms with Crippen LogP contribution in [0.2, 0.25) is 0 Å². The van der Waals surface area contributed by atoms with Crippen molar-refractivity contribution in [2.24, 2.45) is 0 Å². The van der Waals surface area contributed by atoms with Crippen LogP contribution in [-0.2, 0) is 9.84 Å². The molecule has 0 spiro atoms. The monoisotopic (exact) mass is 296 g/mol. The molecule has 5 nitrogen and oxygen atoms in total. The molecule has 0 heterocycles. The van der Waals surface area contributed by atoms with Gasteiger partial charge in [0, 0.05) is 12.7 Å². The standard InChI is InChI=1S/C14H20N2O3S/c1-3-8-16-12(11-15)7-9-19-13-5-4-6-14(10-13)20(2,17)18/h4-6,10,12,16H,3,7-9H2,1-2H3. The fourth-order valence-corrected chi connectivity index (χ4v) is 2.28. The first-order chi connectivity index (χ1) is 9.47. The fraction of sp³-hybridized carbons (Fsp3) is 0.500. The Labute approximate surface area is 120 Å². The predicted molar refractivity (Wildman–Crippen MR) is 77.4 cm³/mol. The van der Waals surface area contributed by atoms with Gasteiger partial charge in [-0.05, 0) is 31.2 Å². The van der Waals surface area contributed by atoms with Gasteiger partial charge in [0.15, 0.2) is 9.84 Å². The summed E-state index contributed by atoms with van der Waals surface area (Å²) in [4.78, 5) is 0.232. The Morgan fingerprint density at radius 2 is 2.20 bits per heavy atom. The SMILES string of the molecule is CCCNC(C#N)CCOc1cccc(S(C)(=O)=O)c1. The molecule has 0 saturated heterocycles. The lowest BCUT2D eigenvalue weighted by Gasteiger charge is -2.12. The highest BCUT2D eigenvalue weighted by Gasteiger charge is 2.09. The molecule has 1 N–H and O–H groups in total. The fourth-order valence-electron chi connectivity index (χ4n) is 1.62. The van der Waals surface area contributed by atoms with E-state index in [1.165, 1.54) is 12.1 Å². The van der Waals surface area contributed by atoms with Gasteiger partial charge in [0.25, 0.3) is 0 Å². The maximum Gasteiger partial charge on any atom is 0.175 e. The third kappa shape index (κ3) is 5.59. The highest BCUT2D eigenvalue weighted by molar-refractivity contribution is 7.90. The first-order valence-electron chi connectivity index (χ1n) is 6.53. The number of benzene rings is 1. The van der Waals surface area contributed by atoms with Crippen molar-refractivity contribution in [3.8, 4) is 11.8 Å². The third-order valence-corrected chi connectivity index (χ3v) is 3.82. The molecule has 0 aromatic heterocycles. The summed E-state index contributed by atoms with van der Waals surface area (Å²) in [5, 5.41) is 12.1. The van der Waals surface area contributed by atoms with Gasteiger partial charge in [-0.1, -0.05) is 13.0 Å². The van der Waals surface area contributed by atoms with Crippen LogP contribution in [0, 0.1) is 11.3 Å². The van der Waals surface area contributed by atoms with E-state index in [4.69, 9.17) is 10.00 Å². The van der Waals surface area contributed by atoms with Crippen LogP contribution in [0.4, 0.5) is 0 Å². The summed E-state index contributed by atoms with van der Waals surface area (Å²) in [7, 11) is -3.23. The molecule has 0 amide bonds. The molecule has 0 bridgehead atoms. The number of hydrogen-bond donors (Lipinski definition) is 1. The van der Waals surface area contributed by atoms with Crippen LogP contribution in [0.3, 0.4) is 0 Å². The quantitative estimate of drug-likeness (QED) is 0.790. The topological polar surface area (TPSA) is 79.2 Å². The van der Waals surface area contributed by atoms with Crippen molar-refractivity contribution in [2.45, 2.75) is 30.7 Å². The van der Waals surface area contributed by atoms with Gasteiger partial charge in [0.05, 0.1) is 23.6 Å². The minimum absolute atomic E-state index is 0.232. The number of sulfone groups is 1. The van der Waals surface area contributed by atoms with E-state index in [0.29, 0.717) is 18.8 Å². The van der Waals surface area contributed by atoms with E-state index in [2.05, 4.69) is 11.4 Å². The zero-order chi connectivity index (χ0) is 15.0. The average Bonchev–Trinajstić information content (AvgIpc) is 2.42. The van der Waals surface area contributed by atoms with Crippen LogP contribution in [0.5, 0.6) is 5.75 Å². The number of ether oxygens (including phenoxy) is 1. The van der Waals surface area contributed by atoms with E-state index in [1.54, 1.807) is 12.1 Å². The van der Waals surface area contributed by atoms with E-state index < -0.39 is 9.84 Å². The molecule has 0 aliphatic rings. The van der Waals surface area contributed by atoms with E-state index in [-0.39, 0.29) is 10.9 Å². The van der Waals surface area contributed by atoms with Crippen LogP contribution in [-0.4, -0.2) is 33.9 Å². The Balaban J connectivity index is 2.52. The molecule has 0 aliphatic heterocycles. The van der Waals surface area contributed by atoms with E-state index in [0.717, 1.165) is 19.2 Å². The molecule has 1 unspecified atom stereocenters. The zero-order valence-corrected chi connectivity index (χ0v) is 12.6. The normalized spacial score (nSPS) is 12.7. The van der Waals surface area contributed by atoms with Crippen LogP contribution in [0.25, 0.3) is 0 Å². The maximum absolute atomic E-state index is 11.4. The van der Waals surface area contributed by atoms with Gasteiger partial charge >= 0.3 is 0 Å². The highest BCUT2D eigenvalue weighted by Crippen LogP contribution is 2.17. The largest absolute Gasteiger partial charge is 0.493 e. The van der Waals surface area contributed by atoms with Gasteiger partial charge < -0.3 is 10.1 Å². The molecule has 1 aromatic rings. The predicted octanol–water partition coefficient (Wildman–Crippen LogP) is 1.75. The molecule has 6 heteroatoms. The average molecular weight is 296 g/mol. The Bertz CT molecular complexity index is 564. The van der Waals surface area contributed by atoms with Crippen molar-refractivity contribution >= 4 is 9.84 Å². The van der Waals surface area contributed by atoms with Gasteiger partial charge in [0.1, 0.15) is 5.75 Å². The molecule has 110 valence electrons. The molecule has 0 saturated carbocycles. The van der Waals surface area contributed by atoms with Crippen LogP contribution in [0.15, 0.2) is 29.2 Å². The number of hydrogen-bond acceptors (Lipinski definition) is 5. The Morgan fingerprint density at radius 3 is 2.80 bits per heavy atom. The molecule has 1 aromatic carbocycles. The van der Waals surface area contributed by atoms with Gasteiger partial charge in [-0.2, -0.15) is 5.26 Å². The Kier molecular flexibility index (Phi) is 6.49. The van der Waals surface area contributed by atoms with Crippen molar-refractivity contribution in [2.75, 3.05) is 19.4 Å². The second-order valence-corrected chi connectivity index (χ2v) is 6.54. The first kappa shape index (κ1) is 16.5. The summed E-state index contributed by atoms with van der Waals surface area (Å²) >= 11 is 0. The van der Waals surface area contributed by atoms with Crippen LogP contribution < -0.4 is 10.1 Å². The minimum Gasteiger partial charge on any atom is -0.493 e. The van der Waals surface area contributed by atoms with Crippen molar-refractivity contribution in [3.05, 3.63) is 24.3 Å². The summed E-state index contributed by atoms with van der Waals surface area (Å²) in [5.41, 5.74) is 0. The smallest absolute Gasteiger partial charge is 0.175 e. The van der Waals surface area contributed by atoms with E-state index >= 15 is 0 Å². The summed E-state index contributed by atoms with van der Waals surface area (Å²) in [5.74, 6) is 0.500. The summed E-state index contributed by atoms with van der Waals surface area (Å²) in [6, 6.07) is 8.30. The summed E-state index contributed by atoms with van der Waals surface area (Å²) in [6.45, 7) is 3.19. The molecule has 1 rings (SSSR count). The van der Waals surface area contributed by atoms with Gasteiger partial charge in [-0.15, -0.1) is 0 Å². The molecule has 20 heavy (non-hydrogen) atoms. The van der Waals surface area contributed by atoms with Gasteiger partial charge in [0.2, 0.25) is 0 Å². The summed E-state index contributed by atoms with van der Waals surface area (Å²) in [6.07, 6.45) is 2.68. The number of nitriles is 1. The van der Waals surface area contributed by atoms with Crippen molar-refractivity contribution < 1.29 is 13.2 Å². The number of rotatable bonds is 8. The lowest BCUT2D eigenvalue weighted by atomic mass is 10.2. The van der Waals surface area contributed by atoms with Crippen LogP contribution in [0.1, 0.15) is 19.8 Å². The van der Waals surface area contributed by atoms with Gasteiger partial charge in [-0.3, -0.25) is 0 Å².